The Hall–Kier alpha value is -1.53. The SMILES string of the molecule is Nc1ccn(S(=O)(=O)Cc2ccccc2Cl)n1. The molecule has 0 atom stereocenters. The summed E-state index contributed by atoms with van der Waals surface area (Å²) >= 11 is 5.90. The zero-order valence-electron chi connectivity index (χ0n) is 8.75. The summed E-state index contributed by atoms with van der Waals surface area (Å²) in [6.07, 6.45) is 1.31. The number of aromatic nitrogens is 2. The summed E-state index contributed by atoms with van der Waals surface area (Å²) in [5.41, 5.74) is 5.91. The number of hydrogen-bond donors (Lipinski definition) is 1. The first kappa shape index (κ1) is 11.9. The lowest BCUT2D eigenvalue weighted by Crippen LogP contribution is -2.16. The van der Waals surface area contributed by atoms with Crippen LogP contribution in [0.25, 0.3) is 0 Å². The van der Waals surface area contributed by atoms with E-state index < -0.39 is 10.0 Å². The van der Waals surface area contributed by atoms with Gasteiger partial charge in [0.25, 0.3) is 10.0 Å². The van der Waals surface area contributed by atoms with E-state index in [9.17, 15) is 8.42 Å². The van der Waals surface area contributed by atoms with E-state index >= 15 is 0 Å². The average molecular weight is 272 g/mol. The molecule has 2 rings (SSSR count). The fraction of sp³-hybridized carbons (Fsp3) is 0.100. The lowest BCUT2D eigenvalue weighted by Gasteiger charge is -2.05. The van der Waals surface area contributed by atoms with E-state index in [-0.39, 0.29) is 11.6 Å². The quantitative estimate of drug-likeness (QED) is 0.918. The van der Waals surface area contributed by atoms with Gasteiger partial charge < -0.3 is 5.73 Å². The molecule has 0 spiro atoms. The number of benzene rings is 1. The molecule has 0 saturated carbocycles. The fourth-order valence-electron chi connectivity index (χ4n) is 1.35. The van der Waals surface area contributed by atoms with Gasteiger partial charge in [-0.15, -0.1) is 5.10 Å². The molecular formula is C10H10ClN3O2S. The van der Waals surface area contributed by atoms with Gasteiger partial charge in [0.15, 0.2) is 0 Å². The van der Waals surface area contributed by atoms with Crippen molar-refractivity contribution in [1.29, 1.82) is 0 Å². The highest BCUT2D eigenvalue weighted by atomic mass is 35.5. The van der Waals surface area contributed by atoms with Crippen LogP contribution in [0.15, 0.2) is 36.5 Å². The van der Waals surface area contributed by atoms with Crippen LogP contribution in [0.5, 0.6) is 0 Å². The van der Waals surface area contributed by atoms with Gasteiger partial charge in [0.2, 0.25) is 0 Å². The second kappa shape index (κ2) is 4.38. The molecule has 2 N–H and O–H groups in total. The second-order valence-electron chi connectivity index (χ2n) is 3.46. The van der Waals surface area contributed by atoms with Crippen molar-refractivity contribution in [3.8, 4) is 0 Å². The molecule has 0 fully saturated rings. The monoisotopic (exact) mass is 271 g/mol. The van der Waals surface area contributed by atoms with Gasteiger partial charge >= 0.3 is 0 Å². The van der Waals surface area contributed by atoms with E-state index in [2.05, 4.69) is 5.10 Å². The second-order valence-corrected chi connectivity index (χ2v) is 5.69. The number of nitrogens with two attached hydrogens (primary N) is 1. The van der Waals surface area contributed by atoms with Crippen molar-refractivity contribution >= 4 is 27.4 Å². The van der Waals surface area contributed by atoms with Gasteiger partial charge in [0.1, 0.15) is 5.82 Å². The Kier molecular flexibility index (Phi) is 3.08. The fourth-order valence-corrected chi connectivity index (χ4v) is 2.88. The third-order valence-electron chi connectivity index (χ3n) is 2.17. The van der Waals surface area contributed by atoms with Gasteiger partial charge in [-0.1, -0.05) is 29.8 Å². The average Bonchev–Trinajstić information content (AvgIpc) is 2.69. The summed E-state index contributed by atoms with van der Waals surface area (Å²) in [5, 5.41) is 4.08. The molecule has 1 aromatic heterocycles. The van der Waals surface area contributed by atoms with E-state index in [1.165, 1.54) is 12.3 Å². The van der Waals surface area contributed by atoms with E-state index in [0.717, 1.165) is 4.09 Å². The van der Waals surface area contributed by atoms with Crippen molar-refractivity contribution in [2.45, 2.75) is 5.75 Å². The Balaban J connectivity index is 2.33. The minimum absolute atomic E-state index is 0.160. The van der Waals surface area contributed by atoms with Crippen molar-refractivity contribution in [2.24, 2.45) is 0 Å². The summed E-state index contributed by atoms with van der Waals surface area (Å²) in [4.78, 5) is 0. The standard InChI is InChI=1S/C10H10ClN3O2S/c11-9-4-2-1-3-8(9)7-17(15,16)14-6-5-10(12)13-14/h1-6H,7H2,(H2,12,13). The molecule has 0 aliphatic rings. The molecule has 0 bridgehead atoms. The number of nitrogens with zero attached hydrogens (tertiary/aromatic N) is 2. The first-order chi connectivity index (χ1) is 7.99. The molecule has 1 heterocycles. The smallest absolute Gasteiger partial charge is 0.258 e. The van der Waals surface area contributed by atoms with Crippen LogP contribution in [-0.2, 0) is 15.8 Å². The zero-order chi connectivity index (χ0) is 12.5. The van der Waals surface area contributed by atoms with Crippen LogP contribution >= 0.6 is 11.6 Å². The molecule has 0 radical (unpaired) electrons. The molecule has 7 heteroatoms. The number of anilines is 1. The minimum Gasteiger partial charge on any atom is -0.382 e. The minimum atomic E-state index is -3.57. The predicted octanol–water partition coefficient (Wildman–Crippen LogP) is 1.50. The molecule has 0 amide bonds. The Morgan fingerprint density at radius 2 is 2.00 bits per heavy atom. The molecule has 0 saturated heterocycles. The van der Waals surface area contributed by atoms with Crippen LogP contribution in [0.3, 0.4) is 0 Å². The van der Waals surface area contributed by atoms with Gasteiger partial charge in [-0.05, 0) is 11.6 Å². The summed E-state index contributed by atoms with van der Waals surface area (Å²) in [6, 6.07) is 8.19. The van der Waals surface area contributed by atoms with E-state index in [0.29, 0.717) is 10.6 Å². The van der Waals surface area contributed by atoms with Crippen molar-refractivity contribution in [3.05, 3.63) is 47.1 Å². The van der Waals surface area contributed by atoms with Crippen LogP contribution in [-0.4, -0.2) is 17.6 Å². The number of rotatable bonds is 3. The zero-order valence-corrected chi connectivity index (χ0v) is 10.3. The lowest BCUT2D eigenvalue weighted by molar-refractivity contribution is 0.579. The molecule has 2 aromatic rings. The molecule has 90 valence electrons. The maximum atomic E-state index is 12.0. The Morgan fingerprint density at radius 1 is 1.29 bits per heavy atom. The summed E-state index contributed by atoms with van der Waals surface area (Å²) in [6.45, 7) is 0. The maximum absolute atomic E-state index is 12.0. The van der Waals surface area contributed by atoms with Gasteiger partial charge in [0, 0.05) is 17.3 Å². The lowest BCUT2D eigenvalue weighted by atomic mass is 10.2. The normalized spacial score (nSPS) is 11.6. The Morgan fingerprint density at radius 3 is 2.59 bits per heavy atom. The summed E-state index contributed by atoms with van der Waals surface area (Å²) in [7, 11) is -3.57. The highest BCUT2D eigenvalue weighted by molar-refractivity contribution is 7.89. The molecule has 0 aliphatic carbocycles. The highest BCUT2D eigenvalue weighted by Gasteiger charge is 2.16. The van der Waals surface area contributed by atoms with Gasteiger partial charge in [0.05, 0.1) is 5.75 Å². The number of halogens is 1. The molecule has 5 nitrogen and oxygen atoms in total. The molecule has 17 heavy (non-hydrogen) atoms. The molecule has 0 aliphatic heterocycles. The third-order valence-corrected chi connectivity index (χ3v) is 3.99. The number of hydrogen-bond acceptors (Lipinski definition) is 4. The topological polar surface area (TPSA) is 78.0 Å². The molecule has 1 aromatic carbocycles. The van der Waals surface area contributed by atoms with Crippen LogP contribution in [0.2, 0.25) is 5.02 Å². The Labute approximate surface area is 104 Å². The summed E-state index contributed by atoms with van der Waals surface area (Å²) in [5.74, 6) is -0.0546. The van der Waals surface area contributed by atoms with Gasteiger partial charge in [-0.25, -0.2) is 8.42 Å². The molecule has 0 unspecified atom stereocenters. The Bertz CT molecular complexity index is 637. The first-order valence-corrected chi connectivity index (χ1v) is 6.75. The summed E-state index contributed by atoms with van der Waals surface area (Å²) < 4.78 is 24.8. The van der Waals surface area contributed by atoms with Crippen LogP contribution < -0.4 is 5.73 Å². The molecular weight excluding hydrogens is 262 g/mol. The highest BCUT2D eigenvalue weighted by Crippen LogP contribution is 2.18. The van der Waals surface area contributed by atoms with Gasteiger partial charge in [-0.3, -0.25) is 0 Å². The van der Waals surface area contributed by atoms with Gasteiger partial charge in [-0.2, -0.15) is 4.09 Å². The predicted molar refractivity (Wildman–Crippen MR) is 66.1 cm³/mol. The van der Waals surface area contributed by atoms with E-state index in [1.807, 2.05) is 0 Å². The van der Waals surface area contributed by atoms with Crippen molar-refractivity contribution in [1.82, 2.24) is 9.19 Å². The van der Waals surface area contributed by atoms with E-state index in [1.54, 1.807) is 24.3 Å². The third kappa shape index (κ3) is 2.59. The largest absolute Gasteiger partial charge is 0.382 e. The first-order valence-electron chi connectivity index (χ1n) is 4.77. The van der Waals surface area contributed by atoms with Crippen molar-refractivity contribution in [2.75, 3.05) is 5.73 Å². The van der Waals surface area contributed by atoms with Crippen LogP contribution in [0, 0.1) is 0 Å². The maximum Gasteiger partial charge on any atom is 0.258 e. The van der Waals surface area contributed by atoms with Crippen molar-refractivity contribution in [3.63, 3.8) is 0 Å². The van der Waals surface area contributed by atoms with Crippen molar-refractivity contribution < 1.29 is 8.42 Å². The van der Waals surface area contributed by atoms with E-state index in [4.69, 9.17) is 17.3 Å². The number of nitrogen functional groups attached to an aromatic ring is 1. The van der Waals surface area contributed by atoms with Crippen LogP contribution in [0.1, 0.15) is 5.56 Å². The van der Waals surface area contributed by atoms with Crippen LogP contribution in [0.4, 0.5) is 5.82 Å².